The summed E-state index contributed by atoms with van der Waals surface area (Å²) in [5.74, 6) is 1.23. The lowest BCUT2D eigenvalue weighted by molar-refractivity contribution is 0.628. The van der Waals surface area contributed by atoms with Crippen LogP contribution in [0.5, 0.6) is 0 Å². The van der Waals surface area contributed by atoms with E-state index in [4.69, 9.17) is 0 Å². The molecular formula is C20H21FN4. The Bertz CT molecular complexity index is 829. The summed E-state index contributed by atoms with van der Waals surface area (Å²) in [5, 5.41) is 3.32. The molecule has 3 aromatic rings. The fourth-order valence-electron chi connectivity index (χ4n) is 2.55. The van der Waals surface area contributed by atoms with Crippen molar-refractivity contribution in [1.82, 2.24) is 9.97 Å². The van der Waals surface area contributed by atoms with Gasteiger partial charge in [0.2, 0.25) is 5.95 Å². The van der Waals surface area contributed by atoms with Gasteiger partial charge in [-0.2, -0.15) is 4.98 Å². The molecule has 25 heavy (non-hydrogen) atoms. The number of rotatable bonds is 5. The average molecular weight is 336 g/mol. The second kappa shape index (κ2) is 7.30. The molecule has 0 bridgehead atoms. The summed E-state index contributed by atoms with van der Waals surface area (Å²) in [4.78, 5) is 10.7. The molecule has 0 aliphatic rings. The van der Waals surface area contributed by atoms with E-state index in [2.05, 4.69) is 34.3 Å². The molecule has 0 spiro atoms. The lowest BCUT2D eigenvalue weighted by Crippen LogP contribution is -2.14. The van der Waals surface area contributed by atoms with Crippen LogP contribution in [0.1, 0.15) is 18.5 Å². The van der Waals surface area contributed by atoms with E-state index >= 15 is 0 Å². The second-order valence-corrected chi connectivity index (χ2v) is 6.13. The quantitative estimate of drug-likeness (QED) is 0.744. The standard InChI is InChI=1S/C20H21FN4/c1-14(23-20-22-13-12-19(24-20)25(2)3)15-4-6-16(7-5-15)17-8-10-18(21)11-9-17/h4-14H,1-3H3,(H,22,23,24). The lowest BCUT2D eigenvalue weighted by atomic mass is 10.0. The fourth-order valence-corrected chi connectivity index (χ4v) is 2.55. The Hall–Kier alpha value is -2.95. The molecule has 0 saturated heterocycles. The maximum absolute atomic E-state index is 13.0. The van der Waals surface area contributed by atoms with Crippen LogP contribution in [0.25, 0.3) is 11.1 Å². The molecule has 1 heterocycles. The van der Waals surface area contributed by atoms with Crippen LogP contribution in [-0.2, 0) is 0 Å². The van der Waals surface area contributed by atoms with Crippen molar-refractivity contribution in [3.05, 3.63) is 72.2 Å². The number of hydrogen-bond acceptors (Lipinski definition) is 4. The molecule has 1 N–H and O–H groups in total. The zero-order chi connectivity index (χ0) is 17.8. The van der Waals surface area contributed by atoms with Crippen LogP contribution >= 0.6 is 0 Å². The number of aromatic nitrogens is 2. The largest absolute Gasteiger partial charge is 0.363 e. The molecule has 0 radical (unpaired) electrons. The highest BCUT2D eigenvalue weighted by molar-refractivity contribution is 5.63. The van der Waals surface area contributed by atoms with Crippen molar-refractivity contribution < 1.29 is 4.39 Å². The zero-order valence-electron chi connectivity index (χ0n) is 14.6. The van der Waals surface area contributed by atoms with E-state index in [1.165, 1.54) is 12.1 Å². The van der Waals surface area contributed by atoms with Gasteiger partial charge in [0.25, 0.3) is 0 Å². The van der Waals surface area contributed by atoms with Gasteiger partial charge in [0.1, 0.15) is 11.6 Å². The van der Waals surface area contributed by atoms with Crippen LogP contribution in [0.3, 0.4) is 0 Å². The molecule has 1 atom stereocenters. The third kappa shape index (κ3) is 4.12. The number of hydrogen-bond donors (Lipinski definition) is 1. The topological polar surface area (TPSA) is 41.1 Å². The van der Waals surface area contributed by atoms with Gasteiger partial charge in [-0.3, -0.25) is 0 Å². The normalized spacial score (nSPS) is 11.8. The Kier molecular flexibility index (Phi) is 4.93. The van der Waals surface area contributed by atoms with E-state index in [1.807, 2.05) is 37.2 Å². The van der Waals surface area contributed by atoms with Gasteiger partial charge >= 0.3 is 0 Å². The summed E-state index contributed by atoms with van der Waals surface area (Å²) in [5.41, 5.74) is 3.18. The third-order valence-electron chi connectivity index (χ3n) is 4.03. The first-order valence-corrected chi connectivity index (χ1v) is 8.16. The van der Waals surface area contributed by atoms with Crippen LogP contribution < -0.4 is 10.2 Å². The van der Waals surface area contributed by atoms with Crippen LogP contribution in [0.4, 0.5) is 16.2 Å². The Morgan fingerprint density at radius 2 is 1.52 bits per heavy atom. The van der Waals surface area contributed by atoms with Gasteiger partial charge in [-0.1, -0.05) is 36.4 Å². The Balaban J connectivity index is 1.73. The zero-order valence-corrected chi connectivity index (χ0v) is 14.6. The second-order valence-electron chi connectivity index (χ2n) is 6.13. The van der Waals surface area contributed by atoms with E-state index in [0.29, 0.717) is 5.95 Å². The fraction of sp³-hybridized carbons (Fsp3) is 0.200. The van der Waals surface area contributed by atoms with Crippen LogP contribution in [0.2, 0.25) is 0 Å². The molecule has 2 aromatic carbocycles. The van der Waals surface area contributed by atoms with Gasteiger partial charge in [-0.05, 0) is 41.8 Å². The molecule has 0 saturated carbocycles. The van der Waals surface area contributed by atoms with E-state index in [0.717, 1.165) is 22.5 Å². The van der Waals surface area contributed by atoms with Gasteiger partial charge in [0, 0.05) is 20.3 Å². The average Bonchev–Trinajstić information content (AvgIpc) is 2.63. The van der Waals surface area contributed by atoms with Crippen molar-refractivity contribution in [2.24, 2.45) is 0 Å². The van der Waals surface area contributed by atoms with Gasteiger partial charge in [0.15, 0.2) is 0 Å². The highest BCUT2D eigenvalue weighted by Gasteiger charge is 2.09. The maximum Gasteiger partial charge on any atom is 0.225 e. The molecule has 1 aromatic heterocycles. The number of nitrogens with zero attached hydrogens (tertiary/aromatic N) is 3. The molecule has 5 heteroatoms. The minimum atomic E-state index is -0.224. The molecule has 4 nitrogen and oxygen atoms in total. The molecule has 0 amide bonds. The predicted octanol–water partition coefficient (Wildman–Crippen LogP) is 4.52. The molecule has 0 aliphatic heterocycles. The van der Waals surface area contributed by atoms with Crippen molar-refractivity contribution in [2.45, 2.75) is 13.0 Å². The molecular weight excluding hydrogens is 315 g/mol. The van der Waals surface area contributed by atoms with Crippen molar-refractivity contribution in [3.63, 3.8) is 0 Å². The molecule has 0 aliphatic carbocycles. The minimum absolute atomic E-state index is 0.0691. The van der Waals surface area contributed by atoms with Gasteiger partial charge in [-0.15, -0.1) is 0 Å². The summed E-state index contributed by atoms with van der Waals surface area (Å²) in [6, 6.07) is 16.7. The van der Waals surface area contributed by atoms with Crippen molar-refractivity contribution >= 4 is 11.8 Å². The number of nitrogens with one attached hydrogen (secondary N) is 1. The Labute approximate surface area is 147 Å². The smallest absolute Gasteiger partial charge is 0.225 e. The van der Waals surface area contributed by atoms with Crippen LogP contribution in [0.15, 0.2) is 60.8 Å². The van der Waals surface area contributed by atoms with E-state index in [-0.39, 0.29) is 11.9 Å². The predicted molar refractivity (Wildman–Crippen MR) is 100 cm³/mol. The summed E-state index contributed by atoms with van der Waals surface area (Å²) >= 11 is 0. The highest BCUT2D eigenvalue weighted by Crippen LogP contribution is 2.24. The van der Waals surface area contributed by atoms with Crippen molar-refractivity contribution in [3.8, 4) is 11.1 Å². The van der Waals surface area contributed by atoms with Gasteiger partial charge < -0.3 is 10.2 Å². The molecule has 3 rings (SSSR count). The monoisotopic (exact) mass is 336 g/mol. The molecule has 128 valence electrons. The highest BCUT2D eigenvalue weighted by atomic mass is 19.1. The van der Waals surface area contributed by atoms with Gasteiger partial charge in [0.05, 0.1) is 6.04 Å². The van der Waals surface area contributed by atoms with Crippen LogP contribution in [0, 0.1) is 5.82 Å². The van der Waals surface area contributed by atoms with Gasteiger partial charge in [-0.25, -0.2) is 9.37 Å². The Morgan fingerprint density at radius 1 is 0.920 bits per heavy atom. The SMILES string of the molecule is CC(Nc1nccc(N(C)C)n1)c1ccc(-c2ccc(F)cc2)cc1. The minimum Gasteiger partial charge on any atom is -0.363 e. The van der Waals surface area contributed by atoms with E-state index in [9.17, 15) is 4.39 Å². The Morgan fingerprint density at radius 3 is 2.12 bits per heavy atom. The lowest BCUT2D eigenvalue weighted by Gasteiger charge is -2.17. The first-order chi connectivity index (χ1) is 12.0. The maximum atomic E-state index is 13.0. The third-order valence-corrected chi connectivity index (χ3v) is 4.03. The van der Waals surface area contributed by atoms with Crippen molar-refractivity contribution in [1.29, 1.82) is 0 Å². The summed E-state index contributed by atoms with van der Waals surface area (Å²) in [7, 11) is 3.90. The first-order valence-electron chi connectivity index (χ1n) is 8.16. The number of anilines is 2. The van der Waals surface area contributed by atoms with E-state index < -0.39 is 0 Å². The number of benzene rings is 2. The molecule has 0 fully saturated rings. The van der Waals surface area contributed by atoms with E-state index in [1.54, 1.807) is 18.3 Å². The summed E-state index contributed by atoms with van der Waals surface area (Å²) in [6.07, 6.45) is 1.75. The van der Waals surface area contributed by atoms with Crippen LogP contribution in [-0.4, -0.2) is 24.1 Å². The number of halogens is 1. The first kappa shape index (κ1) is 16.9. The molecule has 1 unspecified atom stereocenters. The summed E-state index contributed by atoms with van der Waals surface area (Å²) in [6.45, 7) is 2.07. The summed E-state index contributed by atoms with van der Waals surface area (Å²) < 4.78 is 13.0. The van der Waals surface area contributed by atoms with Crippen molar-refractivity contribution in [2.75, 3.05) is 24.3 Å².